The predicted molar refractivity (Wildman–Crippen MR) is 187 cm³/mol. The van der Waals surface area contributed by atoms with Crippen molar-refractivity contribution >= 4 is 166 Å². The maximum absolute atomic E-state index is 6.27. The molecule has 0 spiro atoms. The predicted octanol–water partition coefficient (Wildman–Crippen LogP) is 10.3. The van der Waals surface area contributed by atoms with Gasteiger partial charge < -0.3 is 14.2 Å². The highest BCUT2D eigenvalue weighted by Crippen LogP contribution is 2.40. The summed E-state index contributed by atoms with van der Waals surface area (Å²) in [4.78, 5) is 0. The molecule has 0 fully saturated rings. The summed E-state index contributed by atoms with van der Waals surface area (Å²) < 4.78 is 26.4. The third-order valence-electron chi connectivity index (χ3n) is 5.22. The molecule has 3 nitrogen and oxygen atoms in total. The van der Waals surface area contributed by atoms with E-state index in [-0.39, 0.29) is 0 Å². The maximum atomic E-state index is 6.27. The minimum Gasteiger partial charge on any atom is -0.493 e. The zero-order valence-corrected chi connectivity index (χ0v) is 33.8. The van der Waals surface area contributed by atoms with Gasteiger partial charge in [-0.25, -0.2) is 0 Å². The Balaban J connectivity index is 2.68. The highest BCUT2D eigenvalue weighted by molar-refractivity contribution is 9.14. The van der Waals surface area contributed by atoms with Gasteiger partial charge in [0, 0.05) is 26.8 Å². The molecule has 0 radical (unpaired) electrons. The molecule has 0 aromatic heterocycles. The molecule has 0 aliphatic heterocycles. The quantitative estimate of drug-likeness (QED) is 0.158. The average molecular weight is 1080 g/mol. The lowest BCUT2D eigenvalue weighted by atomic mass is 9.36. The summed E-state index contributed by atoms with van der Waals surface area (Å²) in [5.41, 5.74) is 2.67. The molecule has 13 heteroatoms. The third kappa shape index (κ3) is 6.92. The molecule has 0 saturated carbocycles. The molecule has 0 N–H and O–H groups in total. The molecule has 0 bridgehead atoms. The van der Waals surface area contributed by atoms with Crippen LogP contribution >= 0.6 is 143 Å². The summed E-state index contributed by atoms with van der Waals surface area (Å²) in [6.45, 7) is 6.92. The Labute approximate surface area is 293 Å². The zero-order valence-electron chi connectivity index (χ0n) is 19.6. The van der Waals surface area contributed by atoms with Gasteiger partial charge in [0.05, 0.1) is 33.2 Å². The van der Waals surface area contributed by atoms with Crippen LogP contribution in [0.3, 0.4) is 0 Å². The van der Waals surface area contributed by atoms with Crippen molar-refractivity contribution in [1.29, 1.82) is 0 Å². The van der Waals surface area contributed by atoms with Gasteiger partial charge in [-0.1, -0.05) is 47.8 Å². The topological polar surface area (TPSA) is 27.7 Å². The summed E-state index contributed by atoms with van der Waals surface area (Å²) in [6, 6.07) is 5.92. The van der Waals surface area contributed by atoms with Gasteiger partial charge in [0.25, 0.3) is 6.71 Å². The minimum atomic E-state index is -0.431. The molecular formula is C24H18BBr9O3. The van der Waals surface area contributed by atoms with E-state index in [2.05, 4.69) is 143 Å². The Kier molecular flexibility index (Phi) is 13.0. The van der Waals surface area contributed by atoms with Crippen LogP contribution in [0.15, 0.2) is 58.5 Å². The molecule has 0 aliphatic carbocycles. The molecule has 0 atom stereocenters. The molecule has 3 aromatic rings. The Bertz CT molecular complexity index is 1170. The van der Waals surface area contributed by atoms with Crippen LogP contribution in [0.4, 0.5) is 0 Å². The molecule has 0 heterocycles. The number of hydrogen-bond acceptors (Lipinski definition) is 3. The van der Waals surface area contributed by atoms with E-state index in [0.29, 0.717) is 37.1 Å². The Morgan fingerprint density at radius 3 is 0.919 bits per heavy atom. The van der Waals surface area contributed by atoms with Gasteiger partial charge >= 0.3 is 0 Å². The van der Waals surface area contributed by atoms with Crippen LogP contribution < -0.4 is 30.6 Å². The van der Waals surface area contributed by atoms with E-state index in [4.69, 9.17) is 14.2 Å². The van der Waals surface area contributed by atoms with Gasteiger partial charge in [0.15, 0.2) is 0 Å². The number of benzene rings is 3. The van der Waals surface area contributed by atoms with Crippen molar-refractivity contribution < 1.29 is 14.2 Å². The van der Waals surface area contributed by atoms with Crippen LogP contribution in [0.25, 0.3) is 0 Å². The van der Waals surface area contributed by atoms with Gasteiger partial charge in [0.1, 0.15) is 17.2 Å². The highest BCUT2D eigenvalue weighted by atomic mass is 79.9. The second kappa shape index (κ2) is 14.6. The Hall–Kier alpha value is 1.44. The summed E-state index contributed by atoms with van der Waals surface area (Å²) in [7, 11) is 0. The van der Waals surface area contributed by atoms with Crippen molar-refractivity contribution in [3.05, 3.63) is 58.5 Å². The molecular weight excluding hydrogens is 1070 g/mol. The summed E-state index contributed by atoms with van der Waals surface area (Å²) in [5, 5.41) is 0. The van der Waals surface area contributed by atoms with Crippen molar-refractivity contribution in [1.82, 2.24) is 0 Å². The first-order chi connectivity index (χ1) is 17.5. The van der Waals surface area contributed by atoms with Crippen molar-refractivity contribution in [2.45, 2.75) is 20.8 Å². The van der Waals surface area contributed by atoms with Crippen molar-refractivity contribution in [3.8, 4) is 17.2 Å². The van der Waals surface area contributed by atoms with Crippen molar-refractivity contribution in [2.75, 3.05) is 19.8 Å². The fourth-order valence-corrected chi connectivity index (χ4v) is 9.36. The molecule has 3 aromatic carbocycles. The summed E-state index contributed by atoms with van der Waals surface area (Å²) in [5.74, 6) is 2.12. The van der Waals surface area contributed by atoms with Gasteiger partial charge in [-0.15, -0.1) is 0 Å². The standard InChI is InChI=1S/C24H18BBr9O3/c1-4-35-22-13(29)7-10(26)19(32)16(22)25(17-20(33)11(27)8-14(30)23(17)36-5-2)18-21(34)12(28)9-15(31)24(18)37-6-3/h7-9H,4-6H2,1-3H3. The van der Waals surface area contributed by atoms with E-state index in [1.807, 2.05) is 39.0 Å². The first-order valence-electron chi connectivity index (χ1n) is 10.9. The van der Waals surface area contributed by atoms with Crippen LogP contribution in [0.2, 0.25) is 0 Å². The van der Waals surface area contributed by atoms with Crippen molar-refractivity contribution in [3.63, 3.8) is 0 Å². The second-order valence-corrected chi connectivity index (χ2v) is 14.9. The summed E-state index contributed by atoms with van der Waals surface area (Å²) >= 11 is 34.0. The molecule has 37 heavy (non-hydrogen) atoms. The van der Waals surface area contributed by atoms with Crippen LogP contribution in [0.1, 0.15) is 20.8 Å². The van der Waals surface area contributed by atoms with Crippen molar-refractivity contribution in [2.24, 2.45) is 0 Å². The smallest absolute Gasteiger partial charge is 0.260 e. The fourth-order valence-electron chi connectivity index (χ4n) is 3.87. The molecule has 0 saturated heterocycles. The van der Waals surface area contributed by atoms with E-state index >= 15 is 0 Å². The van der Waals surface area contributed by atoms with Gasteiger partial charge in [-0.2, -0.15) is 0 Å². The maximum Gasteiger partial charge on any atom is 0.260 e. The minimum absolute atomic E-state index is 0.431. The lowest BCUT2D eigenvalue weighted by molar-refractivity contribution is 0.339. The number of hydrogen-bond donors (Lipinski definition) is 0. The number of rotatable bonds is 9. The van der Waals surface area contributed by atoms with Gasteiger partial charge in [-0.05, 0) is 151 Å². The van der Waals surface area contributed by atoms with Crippen LogP contribution in [0.5, 0.6) is 17.2 Å². The van der Waals surface area contributed by atoms with E-state index in [9.17, 15) is 0 Å². The number of halogens is 9. The van der Waals surface area contributed by atoms with E-state index in [1.54, 1.807) is 0 Å². The molecule has 0 aliphatic rings. The molecule has 3 rings (SSSR count). The van der Waals surface area contributed by atoms with Crippen LogP contribution in [-0.2, 0) is 0 Å². The van der Waals surface area contributed by atoms with Gasteiger partial charge in [-0.3, -0.25) is 0 Å². The Morgan fingerprint density at radius 1 is 0.459 bits per heavy atom. The molecule has 198 valence electrons. The second-order valence-electron chi connectivity index (χ2n) is 7.42. The zero-order chi connectivity index (χ0) is 27.6. The lowest BCUT2D eigenvalue weighted by Gasteiger charge is -2.28. The van der Waals surface area contributed by atoms with E-state index in [1.165, 1.54) is 0 Å². The van der Waals surface area contributed by atoms with Crippen LogP contribution in [0, 0.1) is 0 Å². The molecule has 0 amide bonds. The van der Waals surface area contributed by atoms with E-state index < -0.39 is 6.71 Å². The summed E-state index contributed by atoms with van der Waals surface area (Å²) in [6.07, 6.45) is 0. The SMILES string of the molecule is CCOc1c(Br)cc(Br)c(Br)c1B(c1c(Br)c(Br)cc(Br)c1OCC)c1c(Br)c(Br)cc(Br)c1OCC. The average Bonchev–Trinajstić information content (AvgIpc) is 2.83. The van der Waals surface area contributed by atoms with E-state index in [0.717, 1.165) is 56.6 Å². The first-order valence-corrected chi connectivity index (χ1v) is 18.0. The highest BCUT2D eigenvalue weighted by Gasteiger charge is 2.39. The fraction of sp³-hybridized carbons (Fsp3) is 0.250. The number of ether oxygens (including phenoxy) is 3. The van der Waals surface area contributed by atoms with Gasteiger partial charge in [0.2, 0.25) is 0 Å². The third-order valence-corrected chi connectivity index (χ3v) is 13.0. The largest absolute Gasteiger partial charge is 0.493 e. The normalized spacial score (nSPS) is 11.0. The monoisotopic (exact) mass is 1080 g/mol. The first kappa shape index (κ1) is 33.0. The molecule has 0 unspecified atom stereocenters. The lowest BCUT2D eigenvalue weighted by Crippen LogP contribution is -2.55. The Morgan fingerprint density at radius 2 is 0.703 bits per heavy atom. The van der Waals surface area contributed by atoms with Crippen LogP contribution in [-0.4, -0.2) is 26.5 Å².